The predicted molar refractivity (Wildman–Crippen MR) is 155 cm³/mol. The molecule has 1 saturated heterocycles. The third kappa shape index (κ3) is 7.36. The summed E-state index contributed by atoms with van der Waals surface area (Å²) < 4.78 is 5.48. The molecule has 2 aromatic carbocycles. The molecule has 2 fully saturated rings. The van der Waals surface area contributed by atoms with Crippen LogP contribution in [-0.2, 0) is 4.74 Å². The summed E-state index contributed by atoms with van der Waals surface area (Å²) in [5.41, 5.74) is 2.67. The Bertz CT molecular complexity index is 1200. The van der Waals surface area contributed by atoms with Gasteiger partial charge in [0.1, 0.15) is 11.7 Å². The van der Waals surface area contributed by atoms with Gasteiger partial charge in [0.25, 0.3) is 5.91 Å². The first-order valence-electron chi connectivity index (χ1n) is 13.6. The zero-order valence-electron chi connectivity index (χ0n) is 23.2. The van der Waals surface area contributed by atoms with Gasteiger partial charge in [0.15, 0.2) is 0 Å². The van der Waals surface area contributed by atoms with Crippen LogP contribution < -0.4 is 15.1 Å². The summed E-state index contributed by atoms with van der Waals surface area (Å²) in [7, 11) is 2.06. The minimum Gasteiger partial charge on any atom is -0.444 e. The molecule has 2 aromatic rings. The molecular formula is C30H38ClN5O3. The molecule has 4 rings (SSSR count). The molecule has 8 nitrogen and oxygen atoms in total. The van der Waals surface area contributed by atoms with Crippen molar-refractivity contribution in [3.05, 3.63) is 58.6 Å². The van der Waals surface area contributed by atoms with Crippen molar-refractivity contribution in [3.63, 3.8) is 0 Å². The van der Waals surface area contributed by atoms with Crippen LogP contribution in [0.4, 0.5) is 16.2 Å². The molecule has 0 aromatic heterocycles. The molecule has 1 heterocycles. The highest BCUT2D eigenvalue weighted by molar-refractivity contribution is 6.32. The van der Waals surface area contributed by atoms with E-state index in [1.165, 1.54) is 0 Å². The van der Waals surface area contributed by atoms with Crippen LogP contribution in [-0.4, -0.2) is 67.8 Å². The lowest BCUT2D eigenvalue weighted by atomic mass is 9.90. The highest BCUT2D eigenvalue weighted by Gasteiger charge is 2.27. The molecule has 1 aliphatic carbocycles. The molecule has 0 spiro atoms. The van der Waals surface area contributed by atoms with E-state index in [1.807, 2.05) is 57.2 Å². The summed E-state index contributed by atoms with van der Waals surface area (Å²) in [5.74, 6) is -0.0491. The maximum atomic E-state index is 12.9. The van der Waals surface area contributed by atoms with E-state index in [4.69, 9.17) is 21.6 Å². The lowest BCUT2D eigenvalue weighted by Gasteiger charge is -2.37. The maximum absolute atomic E-state index is 12.9. The second-order valence-electron chi connectivity index (χ2n) is 11.4. The van der Waals surface area contributed by atoms with E-state index in [-0.39, 0.29) is 18.0 Å². The summed E-state index contributed by atoms with van der Waals surface area (Å²) in [4.78, 5) is 31.4. The molecular weight excluding hydrogens is 514 g/mol. The predicted octanol–water partition coefficient (Wildman–Crippen LogP) is 5.45. The quantitative estimate of drug-likeness (QED) is 0.532. The van der Waals surface area contributed by atoms with E-state index in [9.17, 15) is 9.59 Å². The number of carbonyl (C=O) groups is 2. The second-order valence-corrected chi connectivity index (χ2v) is 11.8. The number of carbonyl (C=O) groups excluding carboxylic acids is 2. The van der Waals surface area contributed by atoms with Crippen molar-refractivity contribution in [1.29, 1.82) is 5.26 Å². The van der Waals surface area contributed by atoms with Crippen LogP contribution >= 0.6 is 11.6 Å². The van der Waals surface area contributed by atoms with Gasteiger partial charge in [0.05, 0.1) is 10.6 Å². The normalized spacial score (nSPS) is 19.7. The van der Waals surface area contributed by atoms with Gasteiger partial charge in [0.2, 0.25) is 0 Å². The number of amides is 2. The second kappa shape index (κ2) is 12.2. The Hall–Kier alpha value is -3.44. The molecule has 2 amide bonds. The van der Waals surface area contributed by atoms with E-state index in [2.05, 4.69) is 28.2 Å². The van der Waals surface area contributed by atoms with Crippen molar-refractivity contribution in [2.45, 2.75) is 64.1 Å². The topological polar surface area (TPSA) is 88.9 Å². The van der Waals surface area contributed by atoms with Gasteiger partial charge in [-0.15, -0.1) is 0 Å². The van der Waals surface area contributed by atoms with E-state index in [0.717, 1.165) is 50.1 Å². The fourth-order valence-electron chi connectivity index (χ4n) is 5.20. The number of ether oxygens (including phenoxy) is 1. The van der Waals surface area contributed by atoms with Crippen LogP contribution in [0.15, 0.2) is 42.5 Å². The third-order valence-corrected chi connectivity index (χ3v) is 7.80. The Kier molecular flexibility index (Phi) is 8.91. The average molecular weight is 552 g/mol. The highest BCUT2D eigenvalue weighted by atomic mass is 35.5. The summed E-state index contributed by atoms with van der Waals surface area (Å²) in [6.07, 6.45) is 3.48. The molecule has 1 N–H and O–H groups in total. The van der Waals surface area contributed by atoms with E-state index >= 15 is 0 Å². The molecule has 1 aliphatic heterocycles. The van der Waals surface area contributed by atoms with E-state index < -0.39 is 5.60 Å². The first-order chi connectivity index (χ1) is 18.5. The Morgan fingerprint density at radius 2 is 1.67 bits per heavy atom. The molecule has 208 valence electrons. The number of rotatable bonds is 5. The Labute approximate surface area is 236 Å². The van der Waals surface area contributed by atoms with Crippen LogP contribution in [0.3, 0.4) is 0 Å². The smallest absolute Gasteiger partial charge is 0.410 e. The third-order valence-electron chi connectivity index (χ3n) is 7.49. The standard InChI is InChI=1S/C30H38ClN5O3/c1-30(2,3)39-29(38)36-17-15-35(16-18-36)25-10-5-21(6-11-25)28(37)33-23-8-13-24(14-9-23)34(4)26-12-7-22(20-32)27(31)19-26/h5-7,10-12,19,23-24H,8-9,13-18H2,1-4H3,(H,33,37). The number of nitriles is 1. The Morgan fingerprint density at radius 3 is 2.23 bits per heavy atom. The van der Waals surface area contributed by atoms with E-state index in [1.54, 1.807) is 11.0 Å². The monoisotopic (exact) mass is 551 g/mol. The van der Waals surface area contributed by atoms with Crippen molar-refractivity contribution in [1.82, 2.24) is 10.2 Å². The van der Waals surface area contributed by atoms with Crippen molar-refractivity contribution in [2.75, 3.05) is 43.0 Å². The summed E-state index contributed by atoms with van der Waals surface area (Å²) in [5, 5.41) is 12.8. The van der Waals surface area contributed by atoms with Crippen LogP contribution in [0.1, 0.15) is 62.4 Å². The molecule has 1 saturated carbocycles. The lowest BCUT2D eigenvalue weighted by Crippen LogP contribution is -2.50. The van der Waals surface area contributed by atoms with Gasteiger partial charge in [-0.1, -0.05) is 11.6 Å². The van der Waals surface area contributed by atoms with Crippen molar-refractivity contribution >= 4 is 35.0 Å². The van der Waals surface area contributed by atoms with Crippen molar-refractivity contribution in [3.8, 4) is 6.07 Å². The van der Waals surface area contributed by atoms with E-state index in [0.29, 0.717) is 35.3 Å². The van der Waals surface area contributed by atoms with Gasteiger partial charge in [-0.05, 0) is 88.9 Å². The lowest BCUT2D eigenvalue weighted by molar-refractivity contribution is 0.0240. The largest absolute Gasteiger partial charge is 0.444 e. The number of hydrogen-bond donors (Lipinski definition) is 1. The molecule has 0 unspecified atom stereocenters. The number of nitrogens with one attached hydrogen (secondary N) is 1. The van der Waals surface area contributed by atoms with Crippen molar-refractivity contribution in [2.24, 2.45) is 0 Å². The fraction of sp³-hybridized carbons (Fsp3) is 0.500. The number of hydrogen-bond acceptors (Lipinski definition) is 6. The Morgan fingerprint density at radius 1 is 1.03 bits per heavy atom. The van der Waals surface area contributed by atoms with Crippen LogP contribution in [0.25, 0.3) is 0 Å². The molecule has 0 radical (unpaired) electrons. The van der Waals surface area contributed by atoms with Gasteiger partial charge >= 0.3 is 6.09 Å². The van der Waals surface area contributed by atoms with Gasteiger partial charge in [-0.3, -0.25) is 4.79 Å². The average Bonchev–Trinajstić information content (AvgIpc) is 2.92. The number of benzene rings is 2. The number of halogens is 1. The zero-order valence-corrected chi connectivity index (χ0v) is 24.0. The SMILES string of the molecule is CN(c1ccc(C#N)c(Cl)c1)C1CCC(NC(=O)c2ccc(N3CCN(C(=O)OC(C)(C)C)CC3)cc2)CC1. The maximum Gasteiger partial charge on any atom is 0.410 e. The molecule has 0 atom stereocenters. The summed E-state index contributed by atoms with van der Waals surface area (Å²) >= 11 is 6.22. The fourth-order valence-corrected chi connectivity index (χ4v) is 5.42. The minimum atomic E-state index is -0.499. The van der Waals surface area contributed by atoms with Crippen LogP contribution in [0, 0.1) is 11.3 Å². The number of anilines is 2. The van der Waals surface area contributed by atoms with Gasteiger partial charge in [-0.25, -0.2) is 4.79 Å². The van der Waals surface area contributed by atoms with Gasteiger partial charge < -0.3 is 24.8 Å². The molecule has 9 heteroatoms. The first-order valence-corrected chi connectivity index (χ1v) is 14.0. The molecule has 0 bridgehead atoms. The van der Waals surface area contributed by atoms with Gasteiger partial charge in [0, 0.05) is 62.2 Å². The van der Waals surface area contributed by atoms with Crippen LogP contribution in [0.2, 0.25) is 5.02 Å². The van der Waals surface area contributed by atoms with Crippen LogP contribution in [0.5, 0.6) is 0 Å². The first kappa shape index (κ1) is 28.6. The van der Waals surface area contributed by atoms with Crippen molar-refractivity contribution < 1.29 is 14.3 Å². The number of nitrogens with zero attached hydrogens (tertiary/aromatic N) is 4. The minimum absolute atomic E-state index is 0.0491. The van der Waals surface area contributed by atoms with Gasteiger partial charge in [-0.2, -0.15) is 5.26 Å². The Balaban J connectivity index is 1.24. The summed E-state index contributed by atoms with van der Waals surface area (Å²) in [6, 6.07) is 15.8. The molecule has 2 aliphatic rings. The summed E-state index contributed by atoms with van der Waals surface area (Å²) in [6.45, 7) is 8.27. The number of piperazine rings is 1. The molecule has 39 heavy (non-hydrogen) atoms. The highest BCUT2D eigenvalue weighted by Crippen LogP contribution is 2.29. The zero-order chi connectivity index (χ0) is 28.2.